The van der Waals surface area contributed by atoms with Crippen molar-refractivity contribution in [3.05, 3.63) is 65.5 Å². The Morgan fingerprint density at radius 3 is 2.50 bits per heavy atom. The van der Waals surface area contributed by atoms with E-state index in [1.54, 1.807) is 12.1 Å². The van der Waals surface area contributed by atoms with E-state index in [1.165, 1.54) is 24.3 Å². The highest BCUT2D eigenvalue weighted by Gasteiger charge is 2.20. The zero-order valence-corrected chi connectivity index (χ0v) is 14.1. The quantitative estimate of drug-likeness (QED) is 0.761. The summed E-state index contributed by atoms with van der Waals surface area (Å²) in [5.74, 6) is -0.796. The molecule has 1 saturated heterocycles. The maximum Gasteiger partial charge on any atom is 0.255 e. The van der Waals surface area contributed by atoms with Crippen LogP contribution >= 0.6 is 0 Å². The zero-order valence-electron chi connectivity index (χ0n) is 14.1. The number of benzene rings is 2. The van der Waals surface area contributed by atoms with Crippen molar-refractivity contribution in [2.45, 2.75) is 12.6 Å². The summed E-state index contributed by atoms with van der Waals surface area (Å²) in [6.45, 7) is 2.05. The third-order valence-electron chi connectivity index (χ3n) is 4.02. The summed E-state index contributed by atoms with van der Waals surface area (Å²) in [7, 11) is 0. The molecule has 1 atom stereocenters. The van der Waals surface area contributed by atoms with Gasteiger partial charge in [-0.05, 0) is 42.0 Å². The summed E-state index contributed by atoms with van der Waals surface area (Å²) in [5.41, 5.74) is 1.91. The van der Waals surface area contributed by atoms with E-state index in [1.807, 2.05) is 12.1 Å². The second-order valence-electron chi connectivity index (χ2n) is 5.96. The maximum atomic E-state index is 12.9. The van der Waals surface area contributed by atoms with Crippen LogP contribution in [0.5, 0.6) is 0 Å². The molecule has 0 aromatic heterocycles. The predicted octanol–water partition coefficient (Wildman–Crippen LogP) is 1.68. The first-order valence-electron chi connectivity index (χ1n) is 8.36. The van der Waals surface area contributed by atoms with Crippen LogP contribution in [0.2, 0.25) is 0 Å². The van der Waals surface area contributed by atoms with Crippen molar-refractivity contribution < 1.29 is 18.7 Å². The van der Waals surface area contributed by atoms with Crippen molar-refractivity contribution in [3.8, 4) is 0 Å². The van der Waals surface area contributed by atoms with E-state index in [2.05, 4.69) is 16.0 Å². The van der Waals surface area contributed by atoms with E-state index in [9.17, 15) is 14.0 Å². The van der Waals surface area contributed by atoms with Crippen LogP contribution in [0.25, 0.3) is 0 Å². The summed E-state index contributed by atoms with van der Waals surface area (Å²) in [5, 5.41) is 8.70. The molecule has 2 aromatic rings. The maximum absolute atomic E-state index is 12.9. The minimum atomic E-state index is -0.386. The molecule has 0 aliphatic carbocycles. The van der Waals surface area contributed by atoms with Crippen LogP contribution in [0, 0.1) is 5.82 Å². The molecule has 6 nitrogen and oxygen atoms in total. The number of nitrogens with one attached hydrogen (secondary N) is 3. The highest BCUT2D eigenvalue weighted by Crippen LogP contribution is 2.12. The molecule has 0 radical (unpaired) electrons. The van der Waals surface area contributed by atoms with E-state index in [-0.39, 0.29) is 23.7 Å². The molecule has 1 heterocycles. The molecule has 1 fully saturated rings. The largest absolute Gasteiger partial charge is 0.378 e. The normalized spacial score (nSPS) is 16.7. The summed E-state index contributed by atoms with van der Waals surface area (Å²) in [4.78, 5) is 24.1. The van der Waals surface area contributed by atoms with Gasteiger partial charge in [0.05, 0.1) is 13.2 Å². The number of amides is 2. The monoisotopic (exact) mass is 357 g/mol. The van der Waals surface area contributed by atoms with Crippen LogP contribution in [0.1, 0.15) is 15.9 Å². The first-order chi connectivity index (χ1) is 12.6. The molecule has 3 rings (SSSR count). The number of halogens is 1. The van der Waals surface area contributed by atoms with Crippen molar-refractivity contribution in [2.24, 2.45) is 0 Å². The summed E-state index contributed by atoms with van der Waals surface area (Å²) in [6.07, 6.45) is 0. The van der Waals surface area contributed by atoms with Crippen LogP contribution in [0.3, 0.4) is 0 Å². The van der Waals surface area contributed by atoms with Crippen LogP contribution < -0.4 is 16.0 Å². The molecular weight excluding hydrogens is 337 g/mol. The topological polar surface area (TPSA) is 79.5 Å². The average molecular weight is 357 g/mol. The van der Waals surface area contributed by atoms with Gasteiger partial charge < -0.3 is 20.7 Å². The Morgan fingerprint density at radius 2 is 1.85 bits per heavy atom. The van der Waals surface area contributed by atoms with E-state index in [4.69, 9.17) is 4.74 Å². The molecule has 1 aliphatic rings. The molecule has 3 N–H and O–H groups in total. The molecule has 0 bridgehead atoms. The molecule has 0 spiro atoms. The SMILES string of the molecule is O=C(Nc1ccc(CNC(=O)C2COCCN2)cc1)c1ccc(F)cc1. The fourth-order valence-electron chi connectivity index (χ4n) is 2.56. The third-order valence-corrected chi connectivity index (χ3v) is 4.02. The van der Waals surface area contributed by atoms with Crippen LogP contribution in [-0.4, -0.2) is 37.6 Å². The van der Waals surface area contributed by atoms with Crippen molar-refractivity contribution >= 4 is 17.5 Å². The summed E-state index contributed by atoms with van der Waals surface area (Å²) < 4.78 is 18.2. The Balaban J connectivity index is 1.50. The van der Waals surface area contributed by atoms with Gasteiger partial charge in [-0.15, -0.1) is 0 Å². The first-order valence-corrected chi connectivity index (χ1v) is 8.36. The fraction of sp³-hybridized carbons (Fsp3) is 0.263. The molecule has 0 saturated carbocycles. The van der Waals surface area contributed by atoms with Crippen molar-refractivity contribution in [2.75, 3.05) is 25.1 Å². The first kappa shape index (κ1) is 18.0. The van der Waals surface area contributed by atoms with Crippen molar-refractivity contribution in [3.63, 3.8) is 0 Å². The van der Waals surface area contributed by atoms with E-state index >= 15 is 0 Å². The van der Waals surface area contributed by atoms with Gasteiger partial charge in [-0.3, -0.25) is 9.59 Å². The van der Waals surface area contributed by atoms with Gasteiger partial charge in [0.15, 0.2) is 0 Å². The van der Waals surface area contributed by atoms with Gasteiger partial charge in [0.1, 0.15) is 11.9 Å². The van der Waals surface area contributed by atoms with Crippen molar-refractivity contribution in [1.82, 2.24) is 10.6 Å². The Morgan fingerprint density at radius 1 is 1.12 bits per heavy atom. The Hall–Kier alpha value is -2.77. The molecule has 2 amide bonds. The van der Waals surface area contributed by atoms with Gasteiger partial charge in [-0.2, -0.15) is 0 Å². The second kappa shape index (κ2) is 8.55. The lowest BCUT2D eigenvalue weighted by Crippen LogP contribution is -2.51. The number of ether oxygens (including phenoxy) is 1. The highest BCUT2D eigenvalue weighted by molar-refractivity contribution is 6.04. The van der Waals surface area contributed by atoms with Gasteiger partial charge in [-0.1, -0.05) is 12.1 Å². The second-order valence-corrected chi connectivity index (χ2v) is 5.96. The lowest BCUT2D eigenvalue weighted by atomic mass is 10.1. The number of hydrogen-bond donors (Lipinski definition) is 3. The Kier molecular flexibility index (Phi) is 5.93. The lowest BCUT2D eigenvalue weighted by molar-refractivity contribution is -0.126. The molecule has 7 heteroatoms. The summed E-state index contributed by atoms with van der Waals surface area (Å²) >= 11 is 0. The molecular formula is C19H20FN3O3. The number of morpholine rings is 1. The highest BCUT2D eigenvalue weighted by atomic mass is 19.1. The van der Waals surface area contributed by atoms with E-state index in [0.717, 1.165) is 5.56 Å². The van der Waals surface area contributed by atoms with Crippen LogP contribution in [0.4, 0.5) is 10.1 Å². The molecule has 2 aromatic carbocycles. The number of carbonyl (C=O) groups is 2. The average Bonchev–Trinajstić information content (AvgIpc) is 2.68. The minimum absolute atomic E-state index is 0.0987. The Bertz CT molecular complexity index is 757. The molecule has 1 aliphatic heterocycles. The van der Waals surface area contributed by atoms with E-state index < -0.39 is 0 Å². The van der Waals surface area contributed by atoms with Gasteiger partial charge in [0, 0.05) is 24.3 Å². The van der Waals surface area contributed by atoms with Gasteiger partial charge >= 0.3 is 0 Å². The zero-order chi connectivity index (χ0) is 18.4. The number of carbonyl (C=O) groups excluding carboxylic acids is 2. The van der Waals surface area contributed by atoms with Gasteiger partial charge in [0.2, 0.25) is 5.91 Å². The number of anilines is 1. The van der Waals surface area contributed by atoms with Crippen LogP contribution in [0.15, 0.2) is 48.5 Å². The van der Waals surface area contributed by atoms with Crippen molar-refractivity contribution in [1.29, 1.82) is 0 Å². The minimum Gasteiger partial charge on any atom is -0.378 e. The van der Waals surface area contributed by atoms with E-state index in [0.29, 0.717) is 37.6 Å². The standard InChI is InChI=1S/C19H20FN3O3/c20-15-5-3-14(4-6-15)18(24)23-16-7-1-13(2-8-16)11-22-19(25)17-12-26-10-9-21-17/h1-8,17,21H,9-12H2,(H,22,25)(H,23,24). The molecule has 1 unspecified atom stereocenters. The smallest absolute Gasteiger partial charge is 0.255 e. The van der Waals surface area contributed by atoms with Crippen LogP contribution in [-0.2, 0) is 16.1 Å². The molecule has 136 valence electrons. The molecule has 26 heavy (non-hydrogen) atoms. The lowest BCUT2D eigenvalue weighted by Gasteiger charge is -2.22. The number of hydrogen-bond acceptors (Lipinski definition) is 4. The predicted molar refractivity (Wildman–Crippen MR) is 95.3 cm³/mol. The third kappa shape index (κ3) is 4.87. The van der Waals surface area contributed by atoms with Gasteiger partial charge in [0.25, 0.3) is 5.91 Å². The fourth-order valence-corrected chi connectivity index (χ4v) is 2.56. The van der Waals surface area contributed by atoms with Gasteiger partial charge in [-0.25, -0.2) is 4.39 Å². The summed E-state index contributed by atoms with van der Waals surface area (Å²) in [6, 6.07) is 12.2. The Labute approximate surface area is 150 Å². The number of rotatable bonds is 5.